The number of nitrogens with zero attached hydrogens (tertiary/aromatic N) is 1. The van der Waals surface area contributed by atoms with E-state index in [-0.39, 0.29) is 13.0 Å². The Labute approximate surface area is 86.0 Å². The number of hydrogen-bond donors (Lipinski definition) is 2. The number of aromatic nitrogens is 1. The molecular formula is C6H7NO5S2. The molecule has 0 amide bonds. The monoisotopic (exact) mass is 237 g/mol. The van der Waals surface area contributed by atoms with Crippen LogP contribution in [0.25, 0.3) is 0 Å². The van der Waals surface area contributed by atoms with Gasteiger partial charge >= 0.3 is 17.3 Å². The molecule has 1 aromatic rings. The fraction of sp³-hybridized carbons (Fsp3) is 0.333. The van der Waals surface area contributed by atoms with Gasteiger partial charge in [-0.05, 0) is 0 Å². The largest absolute Gasteiger partial charge is 0.481 e. The normalized spacial score (nSPS) is 12.6. The van der Waals surface area contributed by atoms with Crippen LogP contribution in [-0.2, 0) is 33.4 Å². The molecule has 1 heterocycles. The van der Waals surface area contributed by atoms with Crippen LogP contribution in [0.15, 0.2) is 5.38 Å². The van der Waals surface area contributed by atoms with Crippen LogP contribution in [-0.4, -0.2) is 24.8 Å². The highest BCUT2D eigenvalue weighted by molar-refractivity contribution is 7.74. The summed E-state index contributed by atoms with van der Waals surface area (Å²) in [7, 11) is 0. The lowest BCUT2D eigenvalue weighted by Crippen LogP contribution is -2.00. The lowest BCUT2D eigenvalue weighted by molar-refractivity contribution is -0.136. The Morgan fingerprint density at radius 2 is 2.43 bits per heavy atom. The van der Waals surface area contributed by atoms with Gasteiger partial charge in [0.05, 0.1) is 12.1 Å². The van der Waals surface area contributed by atoms with Gasteiger partial charge in [0.1, 0.15) is 11.6 Å². The molecule has 0 fully saturated rings. The number of rotatable bonds is 5. The van der Waals surface area contributed by atoms with Crippen molar-refractivity contribution in [1.82, 2.24) is 4.98 Å². The van der Waals surface area contributed by atoms with Crippen molar-refractivity contribution in [3.05, 3.63) is 16.1 Å². The van der Waals surface area contributed by atoms with Gasteiger partial charge < -0.3 is 5.11 Å². The third-order valence-corrected chi connectivity index (χ3v) is 2.43. The number of thiazole rings is 1. The molecule has 0 aliphatic carbocycles. The van der Waals surface area contributed by atoms with Crippen molar-refractivity contribution in [2.75, 3.05) is 0 Å². The zero-order valence-electron chi connectivity index (χ0n) is 6.87. The SMILES string of the molecule is O=C(O)Cc1nc(COS(=O)O)cs1. The highest BCUT2D eigenvalue weighted by atomic mass is 32.2. The smallest absolute Gasteiger partial charge is 0.310 e. The molecule has 0 saturated heterocycles. The fourth-order valence-corrected chi connectivity index (χ4v) is 1.73. The van der Waals surface area contributed by atoms with Crippen molar-refractivity contribution in [1.29, 1.82) is 0 Å². The van der Waals surface area contributed by atoms with Gasteiger partial charge in [-0.2, -0.15) is 4.21 Å². The fourth-order valence-electron chi connectivity index (χ4n) is 0.737. The maximum Gasteiger partial charge on any atom is 0.310 e. The molecule has 1 aromatic heterocycles. The molecule has 0 aliphatic rings. The Balaban J connectivity index is 2.50. The van der Waals surface area contributed by atoms with Gasteiger partial charge in [-0.3, -0.25) is 13.5 Å². The van der Waals surface area contributed by atoms with Crippen molar-refractivity contribution in [2.24, 2.45) is 0 Å². The summed E-state index contributed by atoms with van der Waals surface area (Å²) in [6, 6.07) is 0. The highest BCUT2D eigenvalue weighted by Crippen LogP contribution is 2.11. The van der Waals surface area contributed by atoms with E-state index in [2.05, 4.69) is 9.17 Å². The number of carboxylic acids is 1. The molecule has 8 heteroatoms. The Hall–Kier alpha value is -0.830. The van der Waals surface area contributed by atoms with Gasteiger partial charge in [-0.25, -0.2) is 4.98 Å². The molecule has 0 aliphatic heterocycles. The van der Waals surface area contributed by atoms with Crippen molar-refractivity contribution < 1.29 is 22.8 Å². The molecule has 2 N–H and O–H groups in total. The number of carbonyl (C=O) groups is 1. The molecule has 6 nitrogen and oxygen atoms in total. The van der Waals surface area contributed by atoms with E-state index in [1.165, 1.54) is 11.3 Å². The molecule has 0 spiro atoms. The lowest BCUT2D eigenvalue weighted by atomic mass is 10.4. The Morgan fingerprint density at radius 1 is 1.71 bits per heavy atom. The first-order valence-corrected chi connectivity index (χ1v) is 5.38. The van der Waals surface area contributed by atoms with Crippen molar-refractivity contribution in [3.8, 4) is 0 Å². The summed E-state index contributed by atoms with van der Waals surface area (Å²) in [5, 5.41) is 10.5. The summed E-state index contributed by atoms with van der Waals surface area (Å²) < 4.78 is 22.8. The second kappa shape index (κ2) is 5.15. The Morgan fingerprint density at radius 3 is 3.00 bits per heavy atom. The molecule has 0 bridgehead atoms. The number of carboxylic acid groups (broad SMARTS) is 1. The van der Waals surface area contributed by atoms with E-state index in [1.807, 2.05) is 0 Å². The zero-order chi connectivity index (χ0) is 10.6. The minimum absolute atomic E-state index is 0.0980. The Kier molecular flexibility index (Phi) is 4.14. The van der Waals surface area contributed by atoms with E-state index < -0.39 is 17.3 Å². The molecule has 1 atom stereocenters. The van der Waals surface area contributed by atoms with E-state index in [1.54, 1.807) is 5.38 Å². The molecule has 0 saturated carbocycles. The van der Waals surface area contributed by atoms with Crippen LogP contribution in [0, 0.1) is 0 Å². The molecule has 0 radical (unpaired) electrons. The van der Waals surface area contributed by atoms with Crippen LogP contribution < -0.4 is 0 Å². The predicted molar refractivity (Wildman–Crippen MR) is 49.0 cm³/mol. The lowest BCUT2D eigenvalue weighted by Gasteiger charge is -1.92. The molecular weight excluding hydrogens is 230 g/mol. The van der Waals surface area contributed by atoms with Crippen molar-refractivity contribution in [3.63, 3.8) is 0 Å². The molecule has 0 aromatic carbocycles. The summed E-state index contributed by atoms with van der Waals surface area (Å²) in [5.41, 5.74) is 0.452. The standard InChI is InChI=1S/C6H7NO5S2/c8-6(9)1-5-7-4(3-13-5)2-12-14(10)11/h3H,1-2H2,(H,8,9)(H,10,11). The summed E-state index contributed by atoms with van der Waals surface area (Å²) in [5.74, 6) is -0.961. The number of aliphatic carboxylic acids is 1. The molecule has 78 valence electrons. The summed E-state index contributed by atoms with van der Waals surface area (Å²) in [6.45, 7) is -0.0980. The Bertz CT molecular complexity index is 350. The maximum atomic E-state index is 10.3. The van der Waals surface area contributed by atoms with Gasteiger partial charge in [-0.1, -0.05) is 0 Å². The molecule has 1 unspecified atom stereocenters. The second-order valence-corrected chi connectivity index (χ2v) is 3.89. The topological polar surface area (TPSA) is 96.7 Å². The zero-order valence-corrected chi connectivity index (χ0v) is 8.51. The first-order chi connectivity index (χ1) is 6.58. The predicted octanol–water partition coefficient (Wildman–Crippen LogP) is 0.424. The quantitative estimate of drug-likeness (QED) is 0.720. The van der Waals surface area contributed by atoms with Crippen LogP contribution in [0.2, 0.25) is 0 Å². The summed E-state index contributed by atoms with van der Waals surface area (Å²) in [4.78, 5) is 14.2. The van der Waals surface area contributed by atoms with E-state index in [0.717, 1.165) is 0 Å². The van der Waals surface area contributed by atoms with Crippen LogP contribution in [0.3, 0.4) is 0 Å². The van der Waals surface area contributed by atoms with Crippen LogP contribution in [0.5, 0.6) is 0 Å². The number of hydrogen-bond acceptors (Lipinski definition) is 5. The van der Waals surface area contributed by atoms with Gasteiger partial charge in [0.25, 0.3) is 0 Å². The highest BCUT2D eigenvalue weighted by Gasteiger charge is 2.07. The van der Waals surface area contributed by atoms with Gasteiger partial charge in [0.2, 0.25) is 0 Å². The van der Waals surface area contributed by atoms with E-state index in [4.69, 9.17) is 9.66 Å². The third kappa shape index (κ3) is 3.92. The molecule has 14 heavy (non-hydrogen) atoms. The summed E-state index contributed by atoms with van der Waals surface area (Å²) >= 11 is -1.14. The van der Waals surface area contributed by atoms with Crippen molar-refractivity contribution >= 4 is 28.7 Å². The van der Waals surface area contributed by atoms with Gasteiger partial charge in [0, 0.05) is 5.38 Å². The minimum Gasteiger partial charge on any atom is -0.481 e. The second-order valence-electron chi connectivity index (χ2n) is 2.28. The van der Waals surface area contributed by atoms with Crippen LogP contribution in [0.4, 0.5) is 0 Å². The maximum absolute atomic E-state index is 10.3. The average molecular weight is 237 g/mol. The van der Waals surface area contributed by atoms with E-state index >= 15 is 0 Å². The third-order valence-electron chi connectivity index (χ3n) is 1.21. The van der Waals surface area contributed by atoms with Crippen LogP contribution >= 0.6 is 11.3 Å². The minimum atomic E-state index is -2.32. The van der Waals surface area contributed by atoms with Crippen molar-refractivity contribution in [2.45, 2.75) is 13.0 Å². The summed E-state index contributed by atoms with van der Waals surface area (Å²) in [6.07, 6.45) is -0.146. The first-order valence-electron chi connectivity index (χ1n) is 3.47. The van der Waals surface area contributed by atoms with E-state index in [0.29, 0.717) is 10.7 Å². The first kappa shape index (κ1) is 11.2. The average Bonchev–Trinajstić information content (AvgIpc) is 2.47. The molecule has 1 rings (SSSR count). The van der Waals surface area contributed by atoms with E-state index in [9.17, 15) is 9.00 Å². The van der Waals surface area contributed by atoms with Crippen LogP contribution in [0.1, 0.15) is 10.7 Å². The van der Waals surface area contributed by atoms with Gasteiger partial charge in [-0.15, -0.1) is 11.3 Å². The van der Waals surface area contributed by atoms with Gasteiger partial charge in [0.15, 0.2) is 0 Å².